The van der Waals surface area contributed by atoms with E-state index in [9.17, 15) is 9.59 Å². The number of amides is 3. The lowest BCUT2D eigenvalue weighted by atomic mass is 10.0. The Hall–Kier alpha value is -4.06. The molecule has 3 aromatic rings. The number of carbonyl (C=O) groups is 2. The van der Waals surface area contributed by atoms with Gasteiger partial charge in [0.1, 0.15) is 11.3 Å². The molecule has 1 aliphatic rings. The van der Waals surface area contributed by atoms with Crippen molar-refractivity contribution >= 4 is 31.1 Å². The molecule has 0 aliphatic carbocycles. The molecule has 0 unspecified atom stereocenters. The molecule has 190 valence electrons. The molecule has 1 aromatic carbocycles. The molecular formula is C24H29N5O6Si. The Morgan fingerprint density at radius 1 is 1.14 bits per heavy atom. The second kappa shape index (κ2) is 9.53. The lowest BCUT2D eigenvalue weighted by Gasteiger charge is -2.23. The maximum atomic E-state index is 12.2. The molecule has 0 saturated carbocycles. The number of ether oxygens (including phenoxy) is 3. The summed E-state index contributed by atoms with van der Waals surface area (Å²) in [5.74, 6) is 0.685. The topological polar surface area (TPSA) is 142 Å². The lowest BCUT2D eigenvalue weighted by Crippen LogP contribution is -2.37. The van der Waals surface area contributed by atoms with Crippen LogP contribution in [0.4, 0.5) is 10.7 Å². The predicted molar refractivity (Wildman–Crippen MR) is 136 cm³/mol. The Morgan fingerprint density at radius 3 is 2.31 bits per heavy atom. The van der Waals surface area contributed by atoms with Crippen LogP contribution < -0.4 is 35.3 Å². The van der Waals surface area contributed by atoms with Gasteiger partial charge in [-0.2, -0.15) is 9.97 Å². The number of nitrogens with one attached hydrogen (secondary N) is 1. The van der Waals surface area contributed by atoms with Gasteiger partial charge < -0.3 is 29.7 Å². The number of nitrogens with zero attached hydrogens (tertiary/aromatic N) is 3. The van der Waals surface area contributed by atoms with Crippen LogP contribution in [0.1, 0.15) is 16.1 Å². The number of carbonyl (C=O) groups excluding carboxylic acids is 2. The Labute approximate surface area is 209 Å². The molecule has 1 aliphatic heterocycles. The number of hydrogen-bond acceptors (Lipinski definition) is 8. The van der Waals surface area contributed by atoms with Crippen LogP contribution in [0.2, 0.25) is 19.6 Å². The number of rotatable bonds is 8. The van der Waals surface area contributed by atoms with Crippen LogP contribution in [-0.2, 0) is 0 Å². The number of primary amides is 1. The summed E-state index contributed by atoms with van der Waals surface area (Å²) in [7, 11) is 1.16. The van der Waals surface area contributed by atoms with Crippen LogP contribution in [-0.4, -0.2) is 57.3 Å². The number of benzene rings is 1. The van der Waals surface area contributed by atoms with Gasteiger partial charge in [-0.3, -0.25) is 9.69 Å². The molecule has 0 radical (unpaired) electrons. The first-order valence-corrected chi connectivity index (χ1v) is 14.8. The van der Waals surface area contributed by atoms with Crippen molar-refractivity contribution < 1.29 is 28.2 Å². The Bertz CT molecular complexity index is 1310. The second-order valence-corrected chi connectivity index (χ2v) is 14.4. The average Bonchev–Trinajstić information content (AvgIpc) is 3.48. The summed E-state index contributed by atoms with van der Waals surface area (Å²) in [6, 6.07) is 6.76. The highest BCUT2D eigenvalue weighted by Crippen LogP contribution is 2.42. The summed E-state index contributed by atoms with van der Waals surface area (Å²) in [4.78, 5) is 34.1. The van der Waals surface area contributed by atoms with E-state index < -0.39 is 14.0 Å². The van der Waals surface area contributed by atoms with Crippen molar-refractivity contribution in [1.82, 2.24) is 15.3 Å². The van der Waals surface area contributed by atoms with E-state index in [0.29, 0.717) is 24.4 Å². The zero-order chi connectivity index (χ0) is 26.2. The summed E-state index contributed by atoms with van der Waals surface area (Å²) in [5, 5.41) is 3.83. The summed E-state index contributed by atoms with van der Waals surface area (Å²) in [6.07, 6.45) is 0. The molecule has 3 heterocycles. The van der Waals surface area contributed by atoms with E-state index in [1.54, 1.807) is 6.07 Å². The van der Waals surface area contributed by atoms with Crippen molar-refractivity contribution in [3.63, 3.8) is 0 Å². The van der Waals surface area contributed by atoms with Gasteiger partial charge in [-0.25, -0.2) is 4.79 Å². The molecule has 12 heteroatoms. The third kappa shape index (κ3) is 4.71. The van der Waals surface area contributed by atoms with Gasteiger partial charge in [0, 0.05) is 24.7 Å². The van der Waals surface area contributed by atoms with E-state index in [0.717, 1.165) is 16.3 Å². The van der Waals surface area contributed by atoms with Gasteiger partial charge in [0.2, 0.25) is 17.7 Å². The largest absolute Gasteiger partial charge is 0.480 e. The van der Waals surface area contributed by atoms with Crippen molar-refractivity contribution in [2.24, 2.45) is 5.73 Å². The van der Waals surface area contributed by atoms with Gasteiger partial charge in [-0.15, -0.1) is 0 Å². The third-order valence-corrected chi connectivity index (χ3v) is 7.87. The monoisotopic (exact) mass is 511 g/mol. The number of nitrogens with two attached hydrogens (primary N) is 1. The fraction of sp³-hybridized carbons (Fsp3) is 0.333. The minimum atomic E-state index is -1.85. The fourth-order valence-corrected chi connectivity index (χ4v) is 4.96. The number of furan rings is 1. The summed E-state index contributed by atoms with van der Waals surface area (Å²) in [5.41, 5.74) is 7.34. The van der Waals surface area contributed by atoms with Crippen LogP contribution in [0.5, 0.6) is 23.5 Å². The molecule has 3 amide bonds. The van der Waals surface area contributed by atoms with Crippen molar-refractivity contribution in [1.29, 1.82) is 0 Å². The third-order valence-electron chi connectivity index (χ3n) is 5.85. The van der Waals surface area contributed by atoms with Gasteiger partial charge in [-0.1, -0.05) is 30.9 Å². The van der Waals surface area contributed by atoms with Gasteiger partial charge in [-0.05, 0) is 24.6 Å². The van der Waals surface area contributed by atoms with E-state index in [1.807, 2.05) is 13.0 Å². The first-order chi connectivity index (χ1) is 17.0. The van der Waals surface area contributed by atoms with Crippen LogP contribution in [0.3, 0.4) is 0 Å². The average molecular weight is 512 g/mol. The SMILES string of the molecule is COc1nc(N2CCNC2=O)nc(OC)c1-c1cc([Si](C)(C)C)cc(Oc2ccc(C(N)=O)o2)c1C. The quantitative estimate of drug-likeness (QED) is 0.440. The molecule has 0 spiro atoms. The van der Waals surface area contributed by atoms with Gasteiger partial charge in [0.25, 0.3) is 11.9 Å². The molecule has 1 fully saturated rings. The lowest BCUT2D eigenvalue weighted by molar-refractivity contribution is 0.0969. The highest BCUT2D eigenvalue weighted by molar-refractivity contribution is 6.88. The normalized spacial score (nSPS) is 13.5. The van der Waals surface area contributed by atoms with E-state index in [4.69, 9.17) is 24.4 Å². The first kappa shape index (κ1) is 25.0. The van der Waals surface area contributed by atoms with Gasteiger partial charge >= 0.3 is 6.03 Å². The molecule has 1 saturated heterocycles. The molecule has 2 aromatic heterocycles. The number of anilines is 1. The summed E-state index contributed by atoms with van der Waals surface area (Å²) in [6.45, 7) is 9.45. The summed E-state index contributed by atoms with van der Waals surface area (Å²) >= 11 is 0. The maximum absolute atomic E-state index is 12.2. The molecular weight excluding hydrogens is 482 g/mol. The zero-order valence-electron chi connectivity index (χ0n) is 21.1. The van der Waals surface area contributed by atoms with Crippen molar-refractivity contribution in [2.45, 2.75) is 26.6 Å². The zero-order valence-corrected chi connectivity index (χ0v) is 22.1. The fourth-order valence-electron chi connectivity index (χ4n) is 3.82. The number of urea groups is 1. The number of methoxy groups -OCH3 is 2. The molecule has 0 atom stereocenters. The predicted octanol–water partition coefficient (Wildman–Crippen LogP) is 3.03. The Balaban J connectivity index is 1.89. The number of aromatic nitrogens is 2. The molecule has 11 nitrogen and oxygen atoms in total. The minimum absolute atomic E-state index is 0.00232. The van der Waals surface area contributed by atoms with Gasteiger partial charge in [0.05, 0.1) is 22.3 Å². The van der Waals surface area contributed by atoms with E-state index in [1.165, 1.54) is 25.2 Å². The molecule has 3 N–H and O–H groups in total. The summed E-state index contributed by atoms with van der Waals surface area (Å²) < 4.78 is 22.8. The molecule has 36 heavy (non-hydrogen) atoms. The van der Waals surface area contributed by atoms with E-state index >= 15 is 0 Å². The van der Waals surface area contributed by atoms with Gasteiger partial charge in [0.15, 0.2) is 5.76 Å². The van der Waals surface area contributed by atoms with Crippen LogP contribution in [0.15, 0.2) is 28.7 Å². The Morgan fingerprint density at radius 2 is 1.81 bits per heavy atom. The molecule has 0 bridgehead atoms. The Kier molecular flexibility index (Phi) is 6.63. The second-order valence-electron chi connectivity index (χ2n) is 9.28. The van der Waals surface area contributed by atoms with Crippen LogP contribution in [0.25, 0.3) is 11.1 Å². The van der Waals surface area contributed by atoms with E-state index in [-0.39, 0.29) is 35.4 Å². The first-order valence-electron chi connectivity index (χ1n) is 11.3. The van der Waals surface area contributed by atoms with Crippen LogP contribution in [0, 0.1) is 6.92 Å². The smallest absolute Gasteiger partial charge is 0.324 e. The van der Waals surface area contributed by atoms with Crippen molar-refractivity contribution in [3.8, 4) is 34.6 Å². The van der Waals surface area contributed by atoms with E-state index in [2.05, 4.69) is 41.0 Å². The highest BCUT2D eigenvalue weighted by Gasteiger charge is 2.30. The highest BCUT2D eigenvalue weighted by atomic mass is 28.3. The number of hydrogen-bond donors (Lipinski definition) is 2. The van der Waals surface area contributed by atoms with Crippen LogP contribution >= 0.6 is 0 Å². The minimum Gasteiger partial charge on any atom is -0.480 e. The van der Waals surface area contributed by atoms with Crippen molar-refractivity contribution in [2.75, 3.05) is 32.2 Å². The van der Waals surface area contributed by atoms with Crippen molar-refractivity contribution in [3.05, 3.63) is 35.6 Å². The standard InChI is InChI=1S/C24H29N5O6Si/c1-13-15(19-21(32-2)27-23(28-22(19)33-3)29-10-9-26-24(29)31)11-14(36(4,5)6)12-17(13)35-18-8-7-16(34-18)20(25)30/h7-8,11-12H,9-10H2,1-6H3,(H2,25,30)(H,26,31). The molecule has 4 rings (SSSR count). The maximum Gasteiger partial charge on any atom is 0.324 e.